The third kappa shape index (κ3) is 5.53. The van der Waals surface area contributed by atoms with Crippen LogP contribution >= 0.6 is 15.9 Å². The monoisotopic (exact) mass is 472 g/mol. The Balaban J connectivity index is 1.59. The summed E-state index contributed by atoms with van der Waals surface area (Å²) in [6, 6.07) is 30.5. The summed E-state index contributed by atoms with van der Waals surface area (Å²) < 4.78 is 3.18. The van der Waals surface area contributed by atoms with E-state index in [0.29, 0.717) is 18.7 Å². The molecule has 0 radical (unpaired) electrons. The summed E-state index contributed by atoms with van der Waals surface area (Å²) >= 11 is 3.45. The number of aromatic nitrogens is 1. The van der Waals surface area contributed by atoms with E-state index >= 15 is 0 Å². The van der Waals surface area contributed by atoms with Crippen LogP contribution in [0.3, 0.4) is 0 Å². The number of hydrogen-bond acceptors (Lipinski definition) is 1. The molecule has 3 aromatic carbocycles. The summed E-state index contributed by atoms with van der Waals surface area (Å²) in [5.41, 5.74) is 5.42. The molecule has 0 aliphatic rings. The SMILES string of the molecule is Cc1ccc(Cn2cccc2CN(Cc2ccccc2)C(=O)c2ccc(Br)cc2)cc1. The van der Waals surface area contributed by atoms with E-state index in [1.807, 2.05) is 53.4 Å². The maximum Gasteiger partial charge on any atom is 0.254 e. The highest BCUT2D eigenvalue weighted by molar-refractivity contribution is 9.10. The van der Waals surface area contributed by atoms with E-state index in [2.05, 4.69) is 76.1 Å². The zero-order chi connectivity index (χ0) is 21.6. The average molecular weight is 473 g/mol. The van der Waals surface area contributed by atoms with Crippen LogP contribution in [0.1, 0.15) is 32.7 Å². The highest BCUT2D eigenvalue weighted by Crippen LogP contribution is 2.18. The lowest BCUT2D eigenvalue weighted by molar-refractivity contribution is 0.0726. The molecule has 0 spiro atoms. The first-order valence-electron chi connectivity index (χ1n) is 10.4. The van der Waals surface area contributed by atoms with Crippen LogP contribution in [0.5, 0.6) is 0 Å². The van der Waals surface area contributed by atoms with Crippen LogP contribution in [-0.4, -0.2) is 15.4 Å². The van der Waals surface area contributed by atoms with Crippen LogP contribution in [0.25, 0.3) is 0 Å². The molecule has 1 amide bonds. The van der Waals surface area contributed by atoms with Crippen molar-refractivity contribution in [2.45, 2.75) is 26.6 Å². The van der Waals surface area contributed by atoms with Gasteiger partial charge in [-0.2, -0.15) is 0 Å². The molecule has 31 heavy (non-hydrogen) atoms. The topological polar surface area (TPSA) is 25.2 Å². The number of carbonyl (C=O) groups is 1. The van der Waals surface area contributed by atoms with E-state index in [1.165, 1.54) is 11.1 Å². The first-order valence-corrected chi connectivity index (χ1v) is 11.2. The second-order valence-electron chi connectivity index (χ2n) is 7.77. The van der Waals surface area contributed by atoms with Crippen molar-refractivity contribution < 1.29 is 4.79 Å². The maximum absolute atomic E-state index is 13.4. The van der Waals surface area contributed by atoms with Crippen molar-refractivity contribution in [1.29, 1.82) is 0 Å². The Morgan fingerprint density at radius 1 is 0.806 bits per heavy atom. The minimum atomic E-state index is 0.0273. The number of amides is 1. The van der Waals surface area contributed by atoms with Gasteiger partial charge in [0.1, 0.15) is 0 Å². The lowest BCUT2D eigenvalue weighted by Gasteiger charge is -2.24. The number of halogens is 1. The van der Waals surface area contributed by atoms with Gasteiger partial charge < -0.3 is 9.47 Å². The molecule has 0 fully saturated rings. The lowest BCUT2D eigenvalue weighted by atomic mass is 10.1. The van der Waals surface area contributed by atoms with E-state index in [-0.39, 0.29) is 5.91 Å². The Kier molecular flexibility index (Phi) is 6.68. The van der Waals surface area contributed by atoms with Crippen LogP contribution in [-0.2, 0) is 19.6 Å². The minimum absolute atomic E-state index is 0.0273. The summed E-state index contributed by atoms with van der Waals surface area (Å²) in [4.78, 5) is 15.3. The Morgan fingerprint density at radius 2 is 1.52 bits per heavy atom. The van der Waals surface area contributed by atoms with Gasteiger partial charge in [-0.15, -0.1) is 0 Å². The Morgan fingerprint density at radius 3 is 2.23 bits per heavy atom. The molecule has 156 valence electrons. The standard InChI is InChI=1S/C27H25BrN2O/c1-21-9-11-23(12-10-21)18-29-17-5-8-26(29)20-30(19-22-6-3-2-4-7-22)27(31)24-13-15-25(28)16-14-24/h2-17H,18-20H2,1H3. The molecule has 0 saturated heterocycles. The quantitative estimate of drug-likeness (QED) is 0.303. The fraction of sp³-hybridized carbons (Fsp3) is 0.148. The van der Waals surface area contributed by atoms with Crippen LogP contribution in [0.4, 0.5) is 0 Å². The van der Waals surface area contributed by atoms with Crippen molar-refractivity contribution in [3.63, 3.8) is 0 Å². The largest absolute Gasteiger partial charge is 0.345 e. The zero-order valence-electron chi connectivity index (χ0n) is 17.5. The molecule has 3 nitrogen and oxygen atoms in total. The maximum atomic E-state index is 13.4. The van der Waals surface area contributed by atoms with E-state index in [1.54, 1.807) is 0 Å². The van der Waals surface area contributed by atoms with Gasteiger partial charge in [-0.1, -0.05) is 76.1 Å². The summed E-state index contributed by atoms with van der Waals surface area (Å²) in [5, 5.41) is 0. The van der Waals surface area contributed by atoms with E-state index in [9.17, 15) is 4.79 Å². The second-order valence-corrected chi connectivity index (χ2v) is 8.68. The van der Waals surface area contributed by atoms with Gasteiger partial charge in [0, 0.05) is 35.0 Å². The molecular formula is C27H25BrN2O. The van der Waals surface area contributed by atoms with Crippen molar-refractivity contribution in [3.05, 3.63) is 130 Å². The predicted molar refractivity (Wildman–Crippen MR) is 129 cm³/mol. The molecule has 0 aliphatic carbocycles. The third-order valence-corrected chi connectivity index (χ3v) is 5.87. The summed E-state index contributed by atoms with van der Waals surface area (Å²) in [7, 11) is 0. The number of rotatable bonds is 7. The zero-order valence-corrected chi connectivity index (χ0v) is 19.1. The van der Waals surface area contributed by atoms with Gasteiger partial charge in [-0.05, 0) is 54.4 Å². The number of nitrogens with zero attached hydrogens (tertiary/aromatic N) is 2. The van der Waals surface area contributed by atoms with Gasteiger partial charge in [0.05, 0.1) is 6.54 Å². The van der Waals surface area contributed by atoms with Crippen molar-refractivity contribution in [2.24, 2.45) is 0 Å². The van der Waals surface area contributed by atoms with Crippen LogP contribution in [0, 0.1) is 6.92 Å². The lowest BCUT2D eigenvalue weighted by Crippen LogP contribution is -2.31. The molecule has 1 heterocycles. The summed E-state index contributed by atoms with van der Waals surface area (Å²) in [6.45, 7) is 3.99. The van der Waals surface area contributed by atoms with Gasteiger partial charge in [-0.25, -0.2) is 0 Å². The van der Waals surface area contributed by atoms with Crippen LogP contribution in [0.2, 0.25) is 0 Å². The Labute approximate surface area is 192 Å². The Hall–Kier alpha value is -3.11. The van der Waals surface area contributed by atoms with Crippen molar-refractivity contribution >= 4 is 21.8 Å². The van der Waals surface area contributed by atoms with E-state index in [0.717, 1.165) is 22.3 Å². The fourth-order valence-corrected chi connectivity index (χ4v) is 3.88. The normalized spacial score (nSPS) is 10.8. The molecule has 4 heteroatoms. The molecule has 0 unspecified atom stereocenters. The highest BCUT2D eigenvalue weighted by Gasteiger charge is 2.18. The molecule has 4 aromatic rings. The number of benzene rings is 3. The summed E-state index contributed by atoms with van der Waals surface area (Å²) in [5.74, 6) is 0.0273. The molecular weight excluding hydrogens is 448 g/mol. The van der Waals surface area contributed by atoms with Gasteiger partial charge in [0.15, 0.2) is 0 Å². The molecule has 1 aromatic heterocycles. The van der Waals surface area contributed by atoms with E-state index in [4.69, 9.17) is 0 Å². The first-order chi connectivity index (χ1) is 15.1. The van der Waals surface area contributed by atoms with E-state index < -0.39 is 0 Å². The Bertz CT molecular complexity index is 1130. The number of hydrogen-bond donors (Lipinski definition) is 0. The fourth-order valence-electron chi connectivity index (χ4n) is 3.61. The van der Waals surface area contributed by atoms with Crippen molar-refractivity contribution in [2.75, 3.05) is 0 Å². The van der Waals surface area contributed by atoms with Crippen LogP contribution in [0.15, 0.2) is 102 Å². The predicted octanol–water partition coefficient (Wildman–Crippen LogP) is 6.45. The third-order valence-electron chi connectivity index (χ3n) is 5.34. The molecule has 0 atom stereocenters. The van der Waals surface area contributed by atoms with Gasteiger partial charge in [0.2, 0.25) is 0 Å². The second kappa shape index (κ2) is 9.80. The molecule has 0 aliphatic heterocycles. The van der Waals surface area contributed by atoms with Crippen molar-refractivity contribution in [1.82, 2.24) is 9.47 Å². The first kappa shape index (κ1) is 21.1. The van der Waals surface area contributed by atoms with Crippen molar-refractivity contribution in [3.8, 4) is 0 Å². The number of carbonyl (C=O) groups excluding carboxylic acids is 1. The van der Waals surface area contributed by atoms with Gasteiger partial charge in [-0.3, -0.25) is 4.79 Å². The molecule has 0 saturated carbocycles. The van der Waals surface area contributed by atoms with Gasteiger partial charge in [0.25, 0.3) is 5.91 Å². The average Bonchev–Trinajstić information content (AvgIpc) is 3.22. The smallest absolute Gasteiger partial charge is 0.254 e. The molecule has 0 N–H and O–H groups in total. The number of aryl methyl sites for hydroxylation is 1. The summed E-state index contributed by atoms with van der Waals surface area (Å²) in [6.07, 6.45) is 2.08. The van der Waals surface area contributed by atoms with Gasteiger partial charge >= 0.3 is 0 Å². The highest BCUT2D eigenvalue weighted by atomic mass is 79.9. The molecule has 4 rings (SSSR count). The molecule has 0 bridgehead atoms. The minimum Gasteiger partial charge on any atom is -0.345 e. The van der Waals surface area contributed by atoms with Crippen LogP contribution < -0.4 is 0 Å².